The topological polar surface area (TPSA) is 47.4 Å². The maximum atomic E-state index is 14.1. The first kappa shape index (κ1) is 17.2. The van der Waals surface area contributed by atoms with Gasteiger partial charge < -0.3 is 4.74 Å². The number of aromatic nitrogens is 2. The zero-order chi connectivity index (χ0) is 17.5. The summed E-state index contributed by atoms with van der Waals surface area (Å²) in [7, 11) is 0. The van der Waals surface area contributed by atoms with E-state index in [-0.39, 0.29) is 18.1 Å². The number of carbonyl (C=O) groups excluding carboxylic acids is 1. The molecule has 0 radical (unpaired) electrons. The van der Waals surface area contributed by atoms with E-state index in [1.807, 2.05) is 26.8 Å². The van der Waals surface area contributed by atoms with Crippen LogP contribution in [0.2, 0.25) is 0 Å². The standard InChI is InChI=1S/C17H21BrFN3O2/c1-17(2,3)24-16(23)21-7-5-4-6-14(21)22-10-11-8-12(18)9-13(19)15(11)20-22/h8-10,14H,4-7H2,1-3H3. The molecule has 0 N–H and O–H groups in total. The number of nitrogens with zero attached hydrogens (tertiary/aromatic N) is 3. The summed E-state index contributed by atoms with van der Waals surface area (Å²) in [5.74, 6) is -0.377. The minimum atomic E-state index is -0.551. The minimum Gasteiger partial charge on any atom is -0.444 e. The number of ether oxygens (including phenoxy) is 1. The molecule has 0 saturated carbocycles. The van der Waals surface area contributed by atoms with E-state index in [4.69, 9.17) is 4.74 Å². The van der Waals surface area contributed by atoms with Crippen LogP contribution < -0.4 is 0 Å². The summed E-state index contributed by atoms with van der Waals surface area (Å²) in [5.41, 5.74) is -0.238. The van der Waals surface area contributed by atoms with Gasteiger partial charge in [-0.3, -0.25) is 4.90 Å². The van der Waals surface area contributed by atoms with Crippen molar-refractivity contribution in [3.8, 4) is 0 Å². The van der Waals surface area contributed by atoms with Crippen molar-refractivity contribution in [2.45, 2.75) is 51.8 Å². The highest BCUT2D eigenvalue weighted by molar-refractivity contribution is 9.10. The van der Waals surface area contributed by atoms with Crippen molar-refractivity contribution in [1.82, 2.24) is 14.7 Å². The van der Waals surface area contributed by atoms with Crippen molar-refractivity contribution in [1.29, 1.82) is 0 Å². The third kappa shape index (κ3) is 3.55. The second kappa shape index (κ2) is 6.35. The van der Waals surface area contributed by atoms with Crippen LogP contribution in [0.15, 0.2) is 22.8 Å². The highest BCUT2D eigenvalue weighted by Gasteiger charge is 2.32. The Morgan fingerprint density at radius 2 is 2.12 bits per heavy atom. The van der Waals surface area contributed by atoms with Crippen molar-refractivity contribution in [2.24, 2.45) is 0 Å². The van der Waals surface area contributed by atoms with Gasteiger partial charge in [0.1, 0.15) is 17.3 Å². The zero-order valence-corrected chi connectivity index (χ0v) is 15.6. The van der Waals surface area contributed by atoms with E-state index in [9.17, 15) is 9.18 Å². The van der Waals surface area contributed by atoms with Gasteiger partial charge in [-0.1, -0.05) is 15.9 Å². The fraction of sp³-hybridized carbons (Fsp3) is 0.529. The second-order valence-electron chi connectivity index (χ2n) is 7.08. The molecule has 1 unspecified atom stereocenters. The Hall–Kier alpha value is -1.63. The second-order valence-corrected chi connectivity index (χ2v) is 8.00. The maximum Gasteiger partial charge on any atom is 0.411 e. The first-order chi connectivity index (χ1) is 11.2. The van der Waals surface area contributed by atoms with Crippen LogP contribution in [0.5, 0.6) is 0 Å². The molecule has 2 heterocycles. The lowest BCUT2D eigenvalue weighted by molar-refractivity contribution is -0.00333. The third-order valence-corrected chi connectivity index (χ3v) is 4.41. The van der Waals surface area contributed by atoms with E-state index < -0.39 is 5.60 Å². The van der Waals surface area contributed by atoms with Crippen LogP contribution in [0.3, 0.4) is 0 Å². The number of piperidine rings is 1. The van der Waals surface area contributed by atoms with Gasteiger partial charge in [0.2, 0.25) is 0 Å². The molecular formula is C17H21BrFN3O2. The lowest BCUT2D eigenvalue weighted by Crippen LogP contribution is -2.44. The van der Waals surface area contributed by atoms with Crippen molar-refractivity contribution in [3.05, 3.63) is 28.6 Å². The molecule has 3 rings (SSSR count). The van der Waals surface area contributed by atoms with E-state index in [0.29, 0.717) is 21.9 Å². The van der Waals surface area contributed by atoms with E-state index >= 15 is 0 Å². The molecule has 0 spiro atoms. The fourth-order valence-electron chi connectivity index (χ4n) is 2.95. The van der Waals surface area contributed by atoms with Gasteiger partial charge >= 0.3 is 6.09 Å². The van der Waals surface area contributed by atoms with E-state index in [1.54, 1.807) is 15.8 Å². The third-order valence-electron chi connectivity index (χ3n) is 3.95. The zero-order valence-electron chi connectivity index (χ0n) is 14.1. The number of rotatable bonds is 1. The molecule has 1 aliphatic rings. The molecule has 1 aromatic heterocycles. The predicted octanol–water partition coefficient (Wildman–Crippen LogP) is 4.86. The van der Waals surface area contributed by atoms with Gasteiger partial charge in [0.25, 0.3) is 0 Å². The molecule has 1 aromatic carbocycles. The van der Waals surface area contributed by atoms with Gasteiger partial charge in [0.15, 0.2) is 5.82 Å². The van der Waals surface area contributed by atoms with Crippen LogP contribution in [-0.4, -0.2) is 32.9 Å². The Balaban J connectivity index is 1.93. The Kier molecular flexibility index (Phi) is 4.55. The van der Waals surface area contributed by atoms with Gasteiger partial charge in [0, 0.05) is 22.6 Å². The van der Waals surface area contributed by atoms with Crippen LogP contribution >= 0.6 is 15.9 Å². The van der Waals surface area contributed by atoms with Gasteiger partial charge in [-0.05, 0) is 52.2 Å². The predicted molar refractivity (Wildman–Crippen MR) is 93.2 cm³/mol. The number of benzene rings is 1. The van der Waals surface area contributed by atoms with Crippen LogP contribution in [0.4, 0.5) is 9.18 Å². The average molecular weight is 398 g/mol. The van der Waals surface area contributed by atoms with Crippen molar-refractivity contribution < 1.29 is 13.9 Å². The molecule has 5 nitrogen and oxygen atoms in total. The summed E-state index contributed by atoms with van der Waals surface area (Å²) in [4.78, 5) is 14.2. The molecule has 130 valence electrons. The molecule has 1 aliphatic heterocycles. The van der Waals surface area contributed by atoms with E-state index in [2.05, 4.69) is 21.0 Å². The lowest BCUT2D eigenvalue weighted by atomic mass is 10.1. The normalized spacial score (nSPS) is 18.9. The van der Waals surface area contributed by atoms with Gasteiger partial charge in [-0.15, -0.1) is 0 Å². The molecule has 1 amide bonds. The van der Waals surface area contributed by atoms with Crippen molar-refractivity contribution in [2.75, 3.05) is 6.54 Å². The van der Waals surface area contributed by atoms with Crippen LogP contribution in [0.25, 0.3) is 10.9 Å². The lowest BCUT2D eigenvalue weighted by Gasteiger charge is -2.36. The Bertz CT molecular complexity index is 769. The molecule has 7 heteroatoms. The molecule has 1 atom stereocenters. The molecule has 0 aliphatic carbocycles. The summed E-state index contributed by atoms with van der Waals surface area (Å²) in [6.45, 7) is 6.15. The number of carbonyl (C=O) groups is 1. The van der Waals surface area contributed by atoms with Gasteiger partial charge in [-0.25, -0.2) is 13.9 Å². The Labute approximate surface area is 148 Å². The largest absolute Gasteiger partial charge is 0.444 e. The van der Waals surface area contributed by atoms with Crippen LogP contribution in [0, 0.1) is 5.82 Å². The van der Waals surface area contributed by atoms with Gasteiger partial charge in [0.05, 0.1) is 0 Å². The first-order valence-electron chi connectivity index (χ1n) is 8.08. The Morgan fingerprint density at radius 1 is 1.38 bits per heavy atom. The average Bonchev–Trinajstić information content (AvgIpc) is 2.89. The Morgan fingerprint density at radius 3 is 2.83 bits per heavy atom. The summed E-state index contributed by atoms with van der Waals surface area (Å²) >= 11 is 3.30. The number of fused-ring (bicyclic) bond motifs is 1. The summed E-state index contributed by atoms with van der Waals surface area (Å²) < 4.78 is 22.0. The molecule has 24 heavy (non-hydrogen) atoms. The fourth-order valence-corrected chi connectivity index (χ4v) is 3.40. The van der Waals surface area contributed by atoms with Crippen LogP contribution in [-0.2, 0) is 4.74 Å². The number of halogens is 2. The van der Waals surface area contributed by atoms with E-state index in [1.165, 1.54) is 6.07 Å². The molecule has 1 saturated heterocycles. The summed E-state index contributed by atoms with van der Waals surface area (Å²) in [5, 5.41) is 5.08. The number of amides is 1. The maximum absolute atomic E-state index is 14.1. The number of likely N-dealkylation sites (tertiary alicyclic amines) is 1. The molecule has 1 fully saturated rings. The highest BCUT2D eigenvalue weighted by atomic mass is 79.9. The monoisotopic (exact) mass is 397 g/mol. The summed E-state index contributed by atoms with van der Waals surface area (Å²) in [6, 6.07) is 3.22. The minimum absolute atomic E-state index is 0.251. The molecule has 2 aromatic rings. The molecule has 0 bridgehead atoms. The first-order valence-corrected chi connectivity index (χ1v) is 8.87. The number of hydrogen-bond donors (Lipinski definition) is 0. The SMILES string of the molecule is CC(C)(C)OC(=O)N1CCCCC1n1cc2cc(Br)cc(F)c2n1. The smallest absolute Gasteiger partial charge is 0.411 e. The van der Waals surface area contributed by atoms with Crippen LogP contribution in [0.1, 0.15) is 46.2 Å². The van der Waals surface area contributed by atoms with E-state index in [0.717, 1.165) is 19.3 Å². The molecular weight excluding hydrogens is 377 g/mol. The van der Waals surface area contributed by atoms with Crippen molar-refractivity contribution >= 4 is 32.9 Å². The van der Waals surface area contributed by atoms with Crippen molar-refractivity contribution in [3.63, 3.8) is 0 Å². The highest BCUT2D eigenvalue weighted by Crippen LogP contribution is 2.30. The number of hydrogen-bond acceptors (Lipinski definition) is 3. The quantitative estimate of drug-likeness (QED) is 0.690. The summed E-state index contributed by atoms with van der Waals surface area (Å²) in [6.07, 6.45) is 3.88. The van der Waals surface area contributed by atoms with Gasteiger partial charge in [-0.2, -0.15) is 5.10 Å².